The predicted octanol–water partition coefficient (Wildman–Crippen LogP) is 0.344. The van der Waals surface area contributed by atoms with E-state index in [4.69, 9.17) is 4.79 Å². The van der Waals surface area contributed by atoms with Crippen molar-refractivity contribution in [3.63, 3.8) is 0 Å². The highest BCUT2D eigenvalue weighted by Crippen LogP contribution is 1.83. The standard InChI is InChI=1S/C5H8O3.C2H4O/c1-4(6)3-5(7)8-2;1-2-3/h3H2,1-2H3;2H,1H3. The summed E-state index contributed by atoms with van der Waals surface area (Å²) in [7, 11) is 1.26. The number of Topliss-reactive ketones (excluding diaryl/α,β-unsaturated/α-hetero) is 1. The quantitative estimate of drug-likeness (QED) is 0.332. The number of ether oxygens (including phenoxy) is 1. The Morgan fingerprint density at radius 2 is 1.82 bits per heavy atom. The van der Waals surface area contributed by atoms with Gasteiger partial charge in [0.25, 0.3) is 0 Å². The lowest BCUT2D eigenvalue weighted by atomic mass is 10.3. The van der Waals surface area contributed by atoms with Crippen molar-refractivity contribution >= 4 is 18.0 Å². The van der Waals surface area contributed by atoms with Gasteiger partial charge in [-0.3, -0.25) is 9.59 Å². The summed E-state index contributed by atoms with van der Waals surface area (Å²) in [6.07, 6.45) is 0.635. The molecule has 0 fully saturated rings. The predicted molar refractivity (Wildman–Crippen MR) is 39.1 cm³/mol. The van der Waals surface area contributed by atoms with Gasteiger partial charge < -0.3 is 9.53 Å². The van der Waals surface area contributed by atoms with Crippen molar-refractivity contribution in [1.82, 2.24) is 0 Å². The molecule has 0 heterocycles. The second kappa shape index (κ2) is 8.81. The van der Waals surface area contributed by atoms with E-state index in [1.807, 2.05) is 0 Å². The second-order valence-corrected chi connectivity index (χ2v) is 1.69. The SMILES string of the molecule is CC=O.COC(=O)CC(C)=O. The van der Waals surface area contributed by atoms with Crippen molar-refractivity contribution in [1.29, 1.82) is 0 Å². The summed E-state index contributed by atoms with van der Waals surface area (Å²) in [6, 6.07) is 0. The van der Waals surface area contributed by atoms with Crippen molar-refractivity contribution in [2.75, 3.05) is 7.11 Å². The van der Waals surface area contributed by atoms with Gasteiger partial charge in [0.1, 0.15) is 18.5 Å². The Hall–Kier alpha value is -1.19. The lowest BCUT2D eigenvalue weighted by Gasteiger charge is -1.90. The van der Waals surface area contributed by atoms with Crippen LogP contribution >= 0.6 is 0 Å². The molecule has 0 bridgehead atoms. The zero-order chi connectivity index (χ0) is 9.28. The molecule has 0 radical (unpaired) electrons. The average Bonchev–Trinajstić information content (AvgIpc) is 1.88. The van der Waals surface area contributed by atoms with Crippen molar-refractivity contribution in [3.8, 4) is 0 Å². The van der Waals surface area contributed by atoms with Gasteiger partial charge in [0.05, 0.1) is 7.11 Å². The van der Waals surface area contributed by atoms with Crippen LogP contribution in [0.2, 0.25) is 0 Å². The zero-order valence-corrected chi connectivity index (χ0v) is 6.92. The van der Waals surface area contributed by atoms with E-state index in [0.29, 0.717) is 0 Å². The average molecular weight is 160 g/mol. The molecule has 4 nitrogen and oxygen atoms in total. The fourth-order valence-electron chi connectivity index (χ4n) is 0.275. The van der Waals surface area contributed by atoms with Crippen LogP contribution in [-0.2, 0) is 19.1 Å². The monoisotopic (exact) mass is 160 g/mol. The first-order valence-electron chi connectivity index (χ1n) is 3.04. The minimum atomic E-state index is -0.475. The summed E-state index contributed by atoms with van der Waals surface area (Å²) in [5.41, 5.74) is 0. The van der Waals surface area contributed by atoms with Crippen LogP contribution in [0.15, 0.2) is 0 Å². The van der Waals surface area contributed by atoms with E-state index in [2.05, 4.69) is 4.74 Å². The molecular weight excluding hydrogens is 148 g/mol. The van der Waals surface area contributed by atoms with Gasteiger partial charge in [0, 0.05) is 0 Å². The number of methoxy groups -OCH3 is 1. The third-order valence-corrected chi connectivity index (χ3v) is 0.621. The van der Waals surface area contributed by atoms with E-state index in [0.717, 1.165) is 6.29 Å². The minimum absolute atomic E-state index is 0.115. The second-order valence-electron chi connectivity index (χ2n) is 1.69. The highest BCUT2D eigenvalue weighted by atomic mass is 16.5. The molecule has 0 aromatic rings. The van der Waals surface area contributed by atoms with Gasteiger partial charge >= 0.3 is 5.97 Å². The van der Waals surface area contributed by atoms with Crippen LogP contribution in [-0.4, -0.2) is 25.1 Å². The molecule has 0 rings (SSSR count). The summed E-state index contributed by atoms with van der Waals surface area (Å²) < 4.78 is 4.20. The Kier molecular flexibility index (Phi) is 10.00. The van der Waals surface area contributed by atoms with Crippen LogP contribution < -0.4 is 0 Å². The molecule has 0 unspecified atom stereocenters. The van der Waals surface area contributed by atoms with Gasteiger partial charge in [-0.25, -0.2) is 0 Å². The van der Waals surface area contributed by atoms with Crippen molar-refractivity contribution in [2.45, 2.75) is 20.3 Å². The van der Waals surface area contributed by atoms with E-state index in [1.54, 1.807) is 0 Å². The fourth-order valence-corrected chi connectivity index (χ4v) is 0.275. The van der Waals surface area contributed by atoms with Gasteiger partial charge in [0.2, 0.25) is 0 Å². The van der Waals surface area contributed by atoms with Crippen LogP contribution in [0, 0.1) is 0 Å². The summed E-state index contributed by atoms with van der Waals surface area (Å²) in [4.78, 5) is 29.1. The molecule has 0 aromatic heterocycles. The molecule has 0 atom stereocenters. The zero-order valence-electron chi connectivity index (χ0n) is 6.92. The molecule has 0 saturated heterocycles. The summed E-state index contributed by atoms with van der Waals surface area (Å²) in [5.74, 6) is -0.644. The molecule has 0 spiro atoms. The van der Waals surface area contributed by atoms with Gasteiger partial charge in [0.15, 0.2) is 0 Å². The Labute approximate surface area is 65.5 Å². The van der Waals surface area contributed by atoms with E-state index in [1.165, 1.54) is 21.0 Å². The fraction of sp³-hybridized carbons (Fsp3) is 0.571. The maximum atomic E-state index is 10.2. The van der Waals surface area contributed by atoms with Crippen molar-refractivity contribution in [2.24, 2.45) is 0 Å². The number of hydrogen-bond donors (Lipinski definition) is 0. The third kappa shape index (κ3) is 17.7. The van der Waals surface area contributed by atoms with Crippen LogP contribution in [0.1, 0.15) is 20.3 Å². The maximum absolute atomic E-state index is 10.2. The first-order valence-corrected chi connectivity index (χ1v) is 3.04. The van der Waals surface area contributed by atoms with Gasteiger partial charge in [-0.1, -0.05) is 0 Å². The molecule has 0 aliphatic rings. The molecule has 64 valence electrons. The molecule has 0 aliphatic carbocycles. The summed E-state index contributed by atoms with van der Waals surface area (Å²) in [6.45, 7) is 2.79. The lowest BCUT2D eigenvalue weighted by Crippen LogP contribution is -2.05. The number of esters is 1. The number of aldehydes is 1. The van der Waals surface area contributed by atoms with Crippen molar-refractivity contribution in [3.05, 3.63) is 0 Å². The number of rotatable bonds is 2. The first kappa shape index (κ1) is 12.5. The van der Waals surface area contributed by atoms with Crippen molar-refractivity contribution < 1.29 is 19.1 Å². The molecule has 0 amide bonds. The van der Waals surface area contributed by atoms with Gasteiger partial charge in [-0.2, -0.15) is 0 Å². The third-order valence-electron chi connectivity index (χ3n) is 0.621. The molecule has 4 heteroatoms. The van der Waals surface area contributed by atoms with Gasteiger partial charge in [-0.05, 0) is 13.8 Å². The summed E-state index contributed by atoms with van der Waals surface area (Å²) >= 11 is 0. The highest BCUT2D eigenvalue weighted by molar-refractivity contribution is 5.93. The first-order chi connectivity index (χ1) is 5.08. The number of ketones is 1. The molecule has 0 saturated carbocycles. The summed E-state index contributed by atoms with van der Waals surface area (Å²) in [5, 5.41) is 0. The minimum Gasteiger partial charge on any atom is -0.469 e. The maximum Gasteiger partial charge on any atom is 0.313 e. The highest BCUT2D eigenvalue weighted by Gasteiger charge is 2.01. The number of carbonyl (C=O) groups excluding carboxylic acids is 3. The van der Waals surface area contributed by atoms with Crippen LogP contribution in [0.25, 0.3) is 0 Å². The van der Waals surface area contributed by atoms with Crippen LogP contribution in [0.3, 0.4) is 0 Å². The molecule has 0 aromatic carbocycles. The molecule has 0 N–H and O–H groups in total. The lowest BCUT2D eigenvalue weighted by molar-refractivity contribution is -0.142. The Bertz CT molecular complexity index is 139. The van der Waals surface area contributed by atoms with E-state index < -0.39 is 5.97 Å². The van der Waals surface area contributed by atoms with Crippen LogP contribution in [0.5, 0.6) is 0 Å². The van der Waals surface area contributed by atoms with Crippen LogP contribution in [0.4, 0.5) is 0 Å². The topological polar surface area (TPSA) is 60.4 Å². The molecular formula is C7H12O4. The smallest absolute Gasteiger partial charge is 0.313 e. The van der Waals surface area contributed by atoms with E-state index in [-0.39, 0.29) is 12.2 Å². The van der Waals surface area contributed by atoms with E-state index >= 15 is 0 Å². The Morgan fingerprint density at radius 1 is 1.45 bits per heavy atom. The molecule has 0 aliphatic heterocycles. The number of hydrogen-bond acceptors (Lipinski definition) is 4. The Balaban J connectivity index is 0. The number of carbonyl (C=O) groups is 3. The largest absolute Gasteiger partial charge is 0.469 e. The Morgan fingerprint density at radius 3 is 1.91 bits per heavy atom. The van der Waals surface area contributed by atoms with Gasteiger partial charge in [-0.15, -0.1) is 0 Å². The normalized spacial score (nSPS) is 7.18. The molecule has 11 heavy (non-hydrogen) atoms. The van der Waals surface area contributed by atoms with E-state index in [9.17, 15) is 9.59 Å².